The van der Waals surface area contributed by atoms with Crippen LogP contribution in [0.25, 0.3) is 0 Å². The number of hydrogen-bond donors (Lipinski definition) is 1. The van der Waals surface area contributed by atoms with Crippen molar-refractivity contribution in [1.82, 2.24) is 0 Å². The molecular formula is C12H17FO. The van der Waals surface area contributed by atoms with Crippen LogP contribution in [0.3, 0.4) is 0 Å². The van der Waals surface area contributed by atoms with Crippen LogP contribution in [0.5, 0.6) is 0 Å². The SMILES string of the molecule is C=C[C@@]1(O)C(C)=CC[C@H](C(=C)C)[C@H]1F. The molecule has 78 valence electrons. The van der Waals surface area contributed by atoms with Crippen molar-refractivity contribution in [2.45, 2.75) is 32.0 Å². The topological polar surface area (TPSA) is 20.2 Å². The first-order valence-electron chi connectivity index (χ1n) is 4.76. The number of rotatable bonds is 2. The molecule has 0 aromatic carbocycles. The molecular weight excluding hydrogens is 179 g/mol. The molecule has 1 aliphatic rings. The molecule has 0 spiro atoms. The number of aliphatic hydroxyl groups is 1. The Balaban J connectivity index is 3.08. The zero-order chi connectivity index (χ0) is 10.9. The molecule has 0 unspecified atom stereocenters. The van der Waals surface area contributed by atoms with E-state index in [4.69, 9.17) is 0 Å². The Kier molecular flexibility index (Phi) is 2.95. The van der Waals surface area contributed by atoms with Crippen LogP contribution in [-0.2, 0) is 0 Å². The van der Waals surface area contributed by atoms with Crippen molar-refractivity contribution < 1.29 is 9.50 Å². The molecule has 0 aromatic rings. The highest BCUT2D eigenvalue weighted by Crippen LogP contribution is 2.38. The summed E-state index contributed by atoms with van der Waals surface area (Å²) < 4.78 is 14.0. The summed E-state index contributed by atoms with van der Waals surface area (Å²) in [7, 11) is 0. The molecule has 0 amide bonds. The van der Waals surface area contributed by atoms with Gasteiger partial charge in [0, 0.05) is 5.92 Å². The molecule has 1 nitrogen and oxygen atoms in total. The molecule has 14 heavy (non-hydrogen) atoms. The van der Waals surface area contributed by atoms with Crippen molar-refractivity contribution in [3.05, 3.63) is 36.5 Å². The number of alkyl halides is 1. The van der Waals surface area contributed by atoms with Crippen molar-refractivity contribution in [2.24, 2.45) is 5.92 Å². The average Bonchev–Trinajstić information content (AvgIpc) is 2.14. The van der Waals surface area contributed by atoms with Crippen molar-refractivity contribution in [2.75, 3.05) is 0 Å². The fraction of sp³-hybridized carbons (Fsp3) is 0.500. The van der Waals surface area contributed by atoms with Gasteiger partial charge in [0.2, 0.25) is 0 Å². The molecule has 3 atom stereocenters. The third-order valence-electron chi connectivity index (χ3n) is 3.03. The molecule has 0 radical (unpaired) electrons. The van der Waals surface area contributed by atoms with Gasteiger partial charge < -0.3 is 5.11 Å². The standard InChI is InChI=1S/C12H17FO/c1-5-12(14)9(4)6-7-10(8(2)3)11(12)13/h5-6,10-11,14H,1-2,7H2,3-4H3/t10-,11-,12-/m1/s1. The van der Waals surface area contributed by atoms with Gasteiger partial charge in [0.05, 0.1) is 0 Å². The Morgan fingerprint density at radius 2 is 2.36 bits per heavy atom. The van der Waals surface area contributed by atoms with Gasteiger partial charge in [-0.2, -0.15) is 0 Å². The predicted octanol–water partition coefficient (Wildman–Crippen LogP) is 2.78. The van der Waals surface area contributed by atoms with Crippen LogP contribution in [0.4, 0.5) is 4.39 Å². The van der Waals surface area contributed by atoms with Crippen LogP contribution in [0.1, 0.15) is 20.3 Å². The maximum absolute atomic E-state index is 14.0. The Bertz CT molecular complexity index is 293. The van der Waals surface area contributed by atoms with Crippen molar-refractivity contribution in [3.63, 3.8) is 0 Å². The first kappa shape index (κ1) is 11.2. The molecule has 1 N–H and O–H groups in total. The third-order valence-corrected chi connectivity index (χ3v) is 3.03. The molecule has 0 aliphatic heterocycles. The van der Waals surface area contributed by atoms with E-state index in [-0.39, 0.29) is 5.92 Å². The van der Waals surface area contributed by atoms with Crippen molar-refractivity contribution in [3.8, 4) is 0 Å². The quantitative estimate of drug-likeness (QED) is 0.673. The van der Waals surface area contributed by atoms with E-state index in [1.807, 2.05) is 6.08 Å². The lowest BCUT2D eigenvalue weighted by Crippen LogP contribution is -2.45. The van der Waals surface area contributed by atoms with Crippen LogP contribution in [0.15, 0.2) is 36.5 Å². The monoisotopic (exact) mass is 196 g/mol. The van der Waals surface area contributed by atoms with Gasteiger partial charge in [0.1, 0.15) is 11.8 Å². The number of hydrogen-bond acceptors (Lipinski definition) is 1. The lowest BCUT2D eigenvalue weighted by atomic mass is 9.74. The van der Waals surface area contributed by atoms with Crippen LogP contribution in [-0.4, -0.2) is 16.9 Å². The molecule has 0 saturated heterocycles. The van der Waals surface area contributed by atoms with Crippen LogP contribution in [0, 0.1) is 5.92 Å². The Hall–Kier alpha value is -0.890. The zero-order valence-corrected chi connectivity index (χ0v) is 8.76. The first-order chi connectivity index (χ1) is 6.43. The Morgan fingerprint density at radius 1 is 1.79 bits per heavy atom. The minimum Gasteiger partial charge on any atom is -0.378 e. The fourth-order valence-electron chi connectivity index (χ4n) is 1.84. The number of halogens is 1. The highest BCUT2D eigenvalue weighted by molar-refractivity contribution is 5.31. The molecule has 0 saturated carbocycles. The second kappa shape index (κ2) is 3.70. The van der Waals surface area contributed by atoms with Crippen molar-refractivity contribution >= 4 is 0 Å². The molecule has 2 heteroatoms. The summed E-state index contributed by atoms with van der Waals surface area (Å²) >= 11 is 0. The van der Waals surface area contributed by atoms with E-state index in [9.17, 15) is 9.50 Å². The Labute approximate surface area is 84.6 Å². The first-order valence-corrected chi connectivity index (χ1v) is 4.76. The van der Waals surface area contributed by atoms with Gasteiger partial charge in [-0.3, -0.25) is 0 Å². The molecule has 1 aliphatic carbocycles. The number of allylic oxidation sites excluding steroid dienone is 2. The van der Waals surface area contributed by atoms with E-state index in [1.165, 1.54) is 6.08 Å². The summed E-state index contributed by atoms with van der Waals surface area (Å²) in [6, 6.07) is 0. The lowest BCUT2D eigenvalue weighted by molar-refractivity contribution is 0.00781. The maximum Gasteiger partial charge on any atom is 0.143 e. The van der Waals surface area contributed by atoms with Crippen LogP contribution in [0.2, 0.25) is 0 Å². The Morgan fingerprint density at radius 3 is 2.79 bits per heavy atom. The van der Waals surface area contributed by atoms with Crippen LogP contribution >= 0.6 is 0 Å². The third kappa shape index (κ3) is 1.55. The second-order valence-corrected chi connectivity index (χ2v) is 4.01. The minimum absolute atomic E-state index is 0.304. The maximum atomic E-state index is 14.0. The zero-order valence-electron chi connectivity index (χ0n) is 8.76. The highest BCUT2D eigenvalue weighted by atomic mass is 19.1. The van der Waals surface area contributed by atoms with Gasteiger partial charge in [-0.25, -0.2) is 4.39 Å². The second-order valence-electron chi connectivity index (χ2n) is 4.01. The van der Waals surface area contributed by atoms with E-state index in [0.717, 1.165) is 5.57 Å². The van der Waals surface area contributed by atoms with E-state index < -0.39 is 11.8 Å². The minimum atomic E-state index is -1.51. The van der Waals surface area contributed by atoms with E-state index in [2.05, 4.69) is 13.2 Å². The largest absolute Gasteiger partial charge is 0.378 e. The highest BCUT2D eigenvalue weighted by Gasteiger charge is 2.43. The summed E-state index contributed by atoms with van der Waals surface area (Å²) in [5.74, 6) is -0.304. The van der Waals surface area contributed by atoms with Gasteiger partial charge in [-0.1, -0.05) is 30.9 Å². The lowest BCUT2D eigenvalue weighted by Gasteiger charge is -2.38. The predicted molar refractivity (Wildman–Crippen MR) is 56.7 cm³/mol. The molecule has 0 heterocycles. The van der Waals surface area contributed by atoms with Gasteiger partial charge in [0.25, 0.3) is 0 Å². The molecule has 0 fully saturated rings. The van der Waals surface area contributed by atoms with Crippen LogP contribution < -0.4 is 0 Å². The van der Waals surface area contributed by atoms with E-state index in [0.29, 0.717) is 12.0 Å². The summed E-state index contributed by atoms with van der Waals surface area (Å²) in [6.07, 6.45) is 2.41. The normalized spacial score (nSPS) is 37.6. The van der Waals surface area contributed by atoms with E-state index >= 15 is 0 Å². The summed E-state index contributed by atoms with van der Waals surface area (Å²) in [4.78, 5) is 0. The van der Waals surface area contributed by atoms with Gasteiger partial charge >= 0.3 is 0 Å². The summed E-state index contributed by atoms with van der Waals surface area (Å²) in [5.41, 5.74) is -0.110. The van der Waals surface area contributed by atoms with Gasteiger partial charge in [-0.15, -0.1) is 0 Å². The summed E-state index contributed by atoms with van der Waals surface area (Å²) in [6.45, 7) is 10.7. The average molecular weight is 196 g/mol. The molecule has 1 rings (SSSR count). The molecule has 0 bridgehead atoms. The fourth-order valence-corrected chi connectivity index (χ4v) is 1.84. The summed E-state index contributed by atoms with van der Waals surface area (Å²) in [5, 5.41) is 10.0. The van der Waals surface area contributed by atoms with E-state index in [1.54, 1.807) is 13.8 Å². The smallest absolute Gasteiger partial charge is 0.143 e. The van der Waals surface area contributed by atoms with Crippen molar-refractivity contribution in [1.29, 1.82) is 0 Å². The van der Waals surface area contributed by atoms with Gasteiger partial charge in [-0.05, 0) is 25.8 Å². The van der Waals surface area contributed by atoms with Gasteiger partial charge in [0.15, 0.2) is 0 Å². The molecule has 0 aromatic heterocycles.